The number of hydrogen-bond acceptors (Lipinski definition) is 5. The van der Waals surface area contributed by atoms with E-state index in [2.05, 4.69) is 0 Å². The Hall–Kier alpha value is -1.30. The van der Waals surface area contributed by atoms with Gasteiger partial charge in [0.1, 0.15) is 5.75 Å². The number of anilines is 1. The third-order valence-corrected chi connectivity index (χ3v) is 2.83. The van der Waals surface area contributed by atoms with Crippen molar-refractivity contribution in [1.82, 2.24) is 4.90 Å². The molecule has 1 heterocycles. The van der Waals surface area contributed by atoms with Crippen molar-refractivity contribution in [3.05, 3.63) is 23.3 Å². The number of likely N-dealkylation sites (N-methyl/N-ethyl adjacent to an activating group) is 1. The van der Waals surface area contributed by atoms with Gasteiger partial charge < -0.3 is 20.3 Å². The highest BCUT2D eigenvalue weighted by molar-refractivity contribution is 5.53. The van der Waals surface area contributed by atoms with Crippen LogP contribution in [0.25, 0.3) is 0 Å². The molecule has 0 aromatic heterocycles. The highest BCUT2D eigenvalue weighted by Gasteiger charge is 2.17. The topological polar surface area (TPSA) is 68.0 Å². The number of ether oxygens (including phenoxy) is 2. The maximum atomic E-state index is 9.38. The van der Waals surface area contributed by atoms with Gasteiger partial charge in [0.05, 0.1) is 12.7 Å². The van der Waals surface area contributed by atoms with Gasteiger partial charge >= 0.3 is 0 Å². The van der Waals surface area contributed by atoms with Crippen molar-refractivity contribution >= 4 is 5.69 Å². The summed E-state index contributed by atoms with van der Waals surface area (Å²) in [6.45, 7) is 3.89. The Morgan fingerprint density at radius 1 is 1.50 bits per heavy atom. The lowest BCUT2D eigenvalue weighted by Gasteiger charge is -2.24. The molecule has 1 aliphatic rings. The highest BCUT2D eigenvalue weighted by atomic mass is 16.7. The van der Waals surface area contributed by atoms with Crippen LogP contribution < -0.4 is 10.5 Å². The zero-order chi connectivity index (χ0) is 13.1. The molecule has 0 amide bonds. The first-order valence-corrected chi connectivity index (χ1v) is 6.04. The van der Waals surface area contributed by atoms with E-state index < -0.39 is 0 Å². The molecule has 1 unspecified atom stereocenters. The van der Waals surface area contributed by atoms with E-state index in [0.717, 1.165) is 16.9 Å². The summed E-state index contributed by atoms with van der Waals surface area (Å²) in [6, 6.07) is 3.80. The number of hydrogen-bond donors (Lipinski definition) is 2. The molecular weight excluding hydrogens is 232 g/mol. The van der Waals surface area contributed by atoms with Gasteiger partial charge in [0.25, 0.3) is 0 Å². The van der Waals surface area contributed by atoms with Crippen molar-refractivity contribution in [3.63, 3.8) is 0 Å². The Labute approximate surface area is 107 Å². The minimum Gasteiger partial charge on any atom is -0.467 e. The van der Waals surface area contributed by atoms with Crippen LogP contribution in [0.4, 0.5) is 5.69 Å². The van der Waals surface area contributed by atoms with Gasteiger partial charge in [0.15, 0.2) is 6.79 Å². The van der Waals surface area contributed by atoms with E-state index in [1.165, 1.54) is 0 Å². The summed E-state index contributed by atoms with van der Waals surface area (Å²) in [7, 11) is 1.96. The first-order chi connectivity index (χ1) is 8.56. The second-order valence-corrected chi connectivity index (χ2v) is 4.82. The zero-order valence-electron chi connectivity index (χ0n) is 10.8. The van der Waals surface area contributed by atoms with Crippen LogP contribution in [0.3, 0.4) is 0 Å². The Balaban J connectivity index is 2.19. The van der Waals surface area contributed by atoms with E-state index in [1.807, 2.05) is 24.1 Å². The summed E-state index contributed by atoms with van der Waals surface area (Å²) < 4.78 is 10.8. The molecule has 0 fully saturated rings. The standard InChI is InChI=1S/C13H20N2O3/c1-9(16)5-15(2)6-10-3-12(14)4-11-7-17-8-18-13(10)11/h3-4,9,16H,5-8,14H2,1-2H3. The summed E-state index contributed by atoms with van der Waals surface area (Å²) in [4.78, 5) is 2.04. The fourth-order valence-corrected chi connectivity index (χ4v) is 2.25. The van der Waals surface area contributed by atoms with Crippen LogP contribution in [0.2, 0.25) is 0 Å². The fourth-order valence-electron chi connectivity index (χ4n) is 2.25. The molecule has 1 aromatic carbocycles. The number of nitrogens with zero attached hydrogens (tertiary/aromatic N) is 1. The molecule has 100 valence electrons. The molecule has 1 atom stereocenters. The van der Waals surface area contributed by atoms with Crippen molar-refractivity contribution in [2.75, 3.05) is 26.1 Å². The van der Waals surface area contributed by atoms with Crippen molar-refractivity contribution < 1.29 is 14.6 Å². The molecule has 1 aliphatic heterocycles. The summed E-state index contributed by atoms with van der Waals surface area (Å²) in [5.74, 6) is 0.868. The first kappa shape index (κ1) is 13.1. The van der Waals surface area contributed by atoms with Crippen LogP contribution in [0.15, 0.2) is 12.1 Å². The van der Waals surface area contributed by atoms with Crippen molar-refractivity contribution in [2.45, 2.75) is 26.2 Å². The zero-order valence-corrected chi connectivity index (χ0v) is 10.8. The van der Waals surface area contributed by atoms with E-state index >= 15 is 0 Å². The van der Waals surface area contributed by atoms with Gasteiger partial charge in [-0.25, -0.2) is 0 Å². The Bertz CT molecular complexity index is 421. The number of rotatable bonds is 4. The lowest BCUT2D eigenvalue weighted by molar-refractivity contribution is -0.0174. The van der Waals surface area contributed by atoms with Crippen LogP contribution in [-0.4, -0.2) is 36.5 Å². The first-order valence-electron chi connectivity index (χ1n) is 6.04. The van der Waals surface area contributed by atoms with Crippen molar-refractivity contribution in [2.24, 2.45) is 0 Å². The number of aliphatic hydroxyl groups excluding tert-OH is 1. The molecule has 18 heavy (non-hydrogen) atoms. The Morgan fingerprint density at radius 3 is 3.00 bits per heavy atom. The molecule has 0 saturated carbocycles. The molecule has 5 heteroatoms. The molecule has 3 N–H and O–H groups in total. The van der Waals surface area contributed by atoms with E-state index in [9.17, 15) is 5.11 Å². The molecule has 0 bridgehead atoms. The van der Waals surface area contributed by atoms with E-state index in [0.29, 0.717) is 25.4 Å². The number of nitrogen functional groups attached to an aromatic ring is 1. The average molecular weight is 252 g/mol. The largest absolute Gasteiger partial charge is 0.467 e. The Morgan fingerprint density at radius 2 is 2.28 bits per heavy atom. The van der Waals surface area contributed by atoms with Crippen LogP contribution in [-0.2, 0) is 17.9 Å². The molecule has 5 nitrogen and oxygen atoms in total. The molecule has 1 aromatic rings. The van der Waals surface area contributed by atoms with Crippen LogP contribution in [0, 0.1) is 0 Å². The predicted molar refractivity (Wildman–Crippen MR) is 69.2 cm³/mol. The maximum Gasteiger partial charge on any atom is 0.189 e. The lowest BCUT2D eigenvalue weighted by Crippen LogP contribution is -2.27. The van der Waals surface area contributed by atoms with Gasteiger partial charge in [-0.05, 0) is 26.1 Å². The minimum atomic E-state index is -0.351. The third-order valence-electron chi connectivity index (χ3n) is 2.83. The quantitative estimate of drug-likeness (QED) is 0.781. The molecule has 2 rings (SSSR count). The number of aliphatic hydroxyl groups is 1. The highest BCUT2D eigenvalue weighted by Crippen LogP contribution is 2.31. The average Bonchev–Trinajstić information content (AvgIpc) is 2.27. The molecule has 0 spiro atoms. The molecule has 0 saturated heterocycles. The van der Waals surface area contributed by atoms with Crippen molar-refractivity contribution in [1.29, 1.82) is 0 Å². The second-order valence-electron chi connectivity index (χ2n) is 4.82. The normalized spacial score (nSPS) is 16.2. The van der Waals surface area contributed by atoms with Crippen molar-refractivity contribution in [3.8, 4) is 5.75 Å². The van der Waals surface area contributed by atoms with Gasteiger partial charge in [-0.2, -0.15) is 0 Å². The summed E-state index contributed by atoms with van der Waals surface area (Å²) in [5, 5.41) is 9.38. The van der Waals surface area contributed by atoms with Gasteiger partial charge in [0.2, 0.25) is 0 Å². The minimum absolute atomic E-state index is 0.282. The van der Waals surface area contributed by atoms with E-state index in [1.54, 1.807) is 6.92 Å². The van der Waals surface area contributed by atoms with Crippen LogP contribution in [0.5, 0.6) is 5.75 Å². The third kappa shape index (κ3) is 3.13. The number of benzene rings is 1. The number of fused-ring (bicyclic) bond motifs is 1. The van der Waals surface area contributed by atoms with E-state index in [4.69, 9.17) is 15.2 Å². The SMILES string of the molecule is CC(O)CN(C)Cc1cc(N)cc2c1OCOC2. The van der Waals surface area contributed by atoms with Gasteiger partial charge in [-0.1, -0.05) is 0 Å². The monoisotopic (exact) mass is 252 g/mol. The van der Waals surface area contributed by atoms with Gasteiger partial charge in [-0.15, -0.1) is 0 Å². The maximum absolute atomic E-state index is 9.38. The van der Waals surface area contributed by atoms with Gasteiger partial charge in [-0.3, -0.25) is 4.90 Å². The fraction of sp³-hybridized carbons (Fsp3) is 0.538. The lowest BCUT2D eigenvalue weighted by atomic mass is 10.1. The smallest absolute Gasteiger partial charge is 0.189 e. The predicted octanol–water partition coefficient (Wildman–Crippen LogP) is 0.948. The van der Waals surface area contributed by atoms with E-state index in [-0.39, 0.29) is 12.9 Å². The summed E-state index contributed by atoms with van der Waals surface area (Å²) in [5.41, 5.74) is 8.62. The van der Waals surface area contributed by atoms with Crippen LogP contribution in [0.1, 0.15) is 18.1 Å². The molecular formula is C13H20N2O3. The second kappa shape index (κ2) is 5.56. The molecule has 0 radical (unpaired) electrons. The number of nitrogens with two attached hydrogens (primary N) is 1. The van der Waals surface area contributed by atoms with Gasteiger partial charge in [0, 0.05) is 29.9 Å². The summed E-state index contributed by atoms with van der Waals surface area (Å²) in [6.07, 6.45) is -0.351. The Kier molecular flexibility index (Phi) is 4.06. The van der Waals surface area contributed by atoms with Crippen LogP contribution >= 0.6 is 0 Å². The molecule has 0 aliphatic carbocycles. The summed E-state index contributed by atoms with van der Waals surface area (Å²) >= 11 is 0.